The molecule has 1 aliphatic heterocycles. The van der Waals surface area contributed by atoms with Crippen LogP contribution in [0.4, 0.5) is 5.69 Å². The molecule has 11 heteroatoms. The Bertz CT molecular complexity index is 1570. The van der Waals surface area contributed by atoms with E-state index in [2.05, 4.69) is 67.4 Å². The van der Waals surface area contributed by atoms with Crippen LogP contribution in [0.1, 0.15) is 50.2 Å². The normalized spacial score (nSPS) is 18.4. The second-order valence-corrected chi connectivity index (χ2v) is 12.1. The smallest absolute Gasteiger partial charge is 0.313 e. The summed E-state index contributed by atoms with van der Waals surface area (Å²) in [7, 11) is 4.15. The van der Waals surface area contributed by atoms with E-state index in [9.17, 15) is 14.4 Å². The minimum Gasteiger partial charge on any atom is -0.358 e. The minimum atomic E-state index is -0.770. The van der Waals surface area contributed by atoms with Gasteiger partial charge in [-0.25, -0.2) is 9.97 Å². The minimum absolute atomic E-state index is 0.0159. The number of amides is 2. The Labute approximate surface area is 224 Å². The Morgan fingerprint density at radius 3 is 2.82 bits per heavy atom. The number of H-pyrrole nitrogens is 1. The number of anilines is 1. The Morgan fingerprint density at radius 1 is 1.26 bits per heavy atom. The third-order valence-corrected chi connectivity index (χ3v) is 8.54. The molecule has 0 unspecified atom stereocenters. The fourth-order valence-electron chi connectivity index (χ4n) is 4.76. The molecule has 1 aliphatic rings. The van der Waals surface area contributed by atoms with Crippen molar-refractivity contribution in [2.24, 2.45) is 5.92 Å². The molecule has 38 heavy (non-hydrogen) atoms. The van der Waals surface area contributed by atoms with Crippen molar-refractivity contribution < 1.29 is 14.1 Å². The fourth-order valence-corrected chi connectivity index (χ4v) is 5.92. The maximum absolute atomic E-state index is 13.4. The lowest BCUT2D eigenvalue weighted by Gasteiger charge is -2.38. The van der Waals surface area contributed by atoms with E-state index < -0.39 is 17.4 Å². The van der Waals surface area contributed by atoms with Crippen molar-refractivity contribution in [3.8, 4) is 0 Å². The number of hydrogen-bond acceptors (Lipinski definition) is 8. The van der Waals surface area contributed by atoms with Gasteiger partial charge in [-0.15, -0.1) is 11.3 Å². The van der Waals surface area contributed by atoms with Gasteiger partial charge in [0.05, 0.1) is 33.2 Å². The van der Waals surface area contributed by atoms with Crippen LogP contribution in [-0.4, -0.2) is 62.9 Å². The Kier molecular flexibility index (Phi) is 6.83. The number of rotatable bonds is 5. The third kappa shape index (κ3) is 5.08. The van der Waals surface area contributed by atoms with Gasteiger partial charge in [0.1, 0.15) is 5.39 Å². The quantitative estimate of drug-likeness (QED) is 0.370. The zero-order valence-electron chi connectivity index (χ0n) is 22.2. The number of thiazole rings is 1. The van der Waals surface area contributed by atoms with E-state index in [1.807, 2.05) is 6.07 Å². The van der Waals surface area contributed by atoms with Crippen molar-refractivity contribution in [3.63, 3.8) is 0 Å². The monoisotopic (exact) mass is 536 g/mol. The SMILES string of the molecule is C[C@H]1CC[C@H](c2ccc3sc(CC(C)(C)N(C)C)nc3c2)N(C(=O)C(=O)Nc2cnc3o[nH]c(=O)c3c2)C1. The molecule has 0 bridgehead atoms. The van der Waals surface area contributed by atoms with E-state index in [1.165, 1.54) is 12.3 Å². The highest BCUT2D eigenvalue weighted by Gasteiger charge is 2.34. The van der Waals surface area contributed by atoms with Gasteiger partial charge in [-0.05, 0) is 70.5 Å². The van der Waals surface area contributed by atoms with Gasteiger partial charge in [-0.1, -0.05) is 13.0 Å². The van der Waals surface area contributed by atoms with Crippen molar-refractivity contribution in [2.45, 2.75) is 51.6 Å². The molecule has 5 rings (SSSR count). The number of nitrogens with zero attached hydrogens (tertiary/aromatic N) is 4. The molecular formula is C27H32N6O4S. The molecule has 0 radical (unpaired) electrons. The number of benzene rings is 1. The Morgan fingerprint density at radius 2 is 2.05 bits per heavy atom. The number of aromatic amines is 1. The zero-order valence-corrected chi connectivity index (χ0v) is 23.0. The number of hydrogen-bond donors (Lipinski definition) is 2. The number of carbonyl (C=O) groups excluding carboxylic acids is 2. The number of likely N-dealkylation sites (N-methyl/N-ethyl adjacent to an activating group) is 1. The molecule has 0 spiro atoms. The molecule has 4 aromatic rings. The maximum Gasteiger partial charge on any atom is 0.313 e. The van der Waals surface area contributed by atoms with Crippen LogP contribution in [0.25, 0.3) is 21.3 Å². The number of piperidine rings is 1. The van der Waals surface area contributed by atoms with Crippen LogP contribution in [0, 0.1) is 5.92 Å². The summed E-state index contributed by atoms with van der Waals surface area (Å²) in [4.78, 5) is 51.0. The lowest BCUT2D eigenvalue weighted by Crippen LogP contribution is -2.46. The van der Waals surface area contributed by atoms with Gasteiger partial charge in [0.15, 0.2) is 0 Å². The van der Waals surface area contributed by atoms with Crippen molar-refractivity contribution in [3.05, 3.63) is 51.4 Å². The Hall–Kier alpha value is -3.57. The topological polar surface area (TPSA) is 124 Å². The largest absolute Gasteiger partial charge is 0.358 e. The lowest BCUT2D eigenvalue weighted by molar-refractivity contribution is -0.146. The van der Waals surface area contributed by atoms with Crippen molar-refractivity contribution in [2.75, 3.05) is 26.0 Å². The predicted octanol–water partition coefficient (Wildman–Crippen LogP) is 3.95. The van der Waals surface area contributed by atoms with Crippen LogP contribution in [0.15, 0.2) is 39.8 Å². The van der Waals surface area contributed by atoms with Crippen LogP contribution >= 0.6 is 11.3 Å². The maximum atomic E-state index is 13.4. The number of likely N-dealkylation sites (tertiary alicyclic amines) is 1. The molecule has 2 atom stereocenters. The molecule has 0 aliphatic carbocycles. The highest BCUT2D eigenvalue weighted by molar-refractivity contribution is 7.18. The summed E-state index contributed by atoms with van der Waals surface area (Å²) in [5.74, 6) is -1.11. The summed E-state index contributed by atoms with van der Waals surface area (Å²) >= 11 is 1.69. The fraction of sp³-hybridized carbons (Fsp3) is 0.444. The van der Waals surface area contributed by atoms with E-state index in [0.29, 0.717) is 6.54 Å². The first kappa shape index (κ1) is 26.1. The number of carbonyl (C=O) groups is 2. The van der Waals surface area contributed by atoms with Crippen LogP contribution in [-0.2, 0) is 16.0 Å². The predicted molar refractivity (Wildman–Crippen MR) is 147 cm³/mol. The van der Waals surface area contributed by atoms with Crippen LogP contribution in [0.5, 0.6) is 0 Å². The van der Waals surface area contributed by atoms with Gasteiger partial charge >= 0.3 is 11.8 Å². The van der Waals surface area contributed by atoms with Crippen LogP contribution in [0.2, 0.25) is 0 Å². The molecular weight excluding hydrogens is 504 g/mol. The first-order valence-electron chi connectivity index (χ1n) is 12.7. The van der Waals surface area contributed by atoms with E-state index in [-0.39, 0.29) is 34.3 Å². The van der Waals surface area contributed by atoms with Crippen LogP contribution in [0.3, 0.4) is 0 Å². The highest BCUT2D eigenvalue weighted by Crippen LogP contribution is 2.36. The summed E-state index contributed by atoms with van der Waals surface area (Å²) < 4.78 is 6.06. The van der Waals surface area contributed by atoms with Gasteiger partial charge in [0.25, 0.3) is 11.3 Å². The third-order valence-electron chi connectivity index (χ3n) is 7.50. The van der Waals surface area contributed by atoms with Crippen molar-refractivity contribution in [1.82, 2.24) is 24.9 Å². The van der Waals surface area contributed by atoms with Gasteiger partial charge in [-0.2, -0.15) is 5.16 Å². The van der Waals surface area contributed by atoms with Gasteiger partial charge in [-0.3, -0.25) is 14.4 Å². The summed E-state index contributed by atoms with van der Waals surface area (Å²) in [5, 5.41) is 6.07. The van der Waals surface area contributed by atoms with Gasteiger partial charge in [0.2, 0.25) is 0 Å². The molecule has 1 fully saturated rings. The summed E-state index contributed by atoms with van der Waals surface area (Å²) in [5.41, 5.74) is 1.81. The summed E-state index contributed by atoms with van der Waals surface area (Å²) in [6, 6.07) is 7.38. The summed E-state index contributed by atoms with van der Waals surface area (Å²) in [6.45, 7) is 6.96. The zero-order chi connectivity index (χ0) is 27.2. The molecule has 1 aromatic carbocycles. The number of aromatic nitrogens is 3. The molecule has 4 heterocycles. The second-order valence-electron chi connectivity index (χ2n) is 10.9. The first-order chi connectivity index (χ1) is 18.0. The molecule has 0 saturated carbocycles. The molecule has 1 saturated heterocycles. The van der Waals surface area contributed by atoms with Gasteiger partial charge < -0.3 is 19.6 Å². The first-order valence-corrected chi connectivity index (χ1v) is 13.5. The van der Waals surface area contributed by atoms with E-state index in [1.54, 1.807) is 16.2 Å². The van der Waals surface area contributed by atoms with E-state index >= 15 is 0 Å². The number of nitrogens with one attached hydrogen (secondary N) is 2. The molecule has 2 N–H and O–H groups in total. The lowest BCUT2D eigenvalue weighted by atomic mass is 9.89. The van der Waals surface area contributed by atoms with E-state index in [0.717, 1.165) is 40.1 Å². The van der Waals surface area contributed by atoms with Crippen LogP contribution < -0.4 is 10.9 Å². The average molecular weight is 537 g/mol. The van der Waals surface area contributed by atoms with Gasteiger partial charge in [0, 0.05) is 18.5 Å². The molecule has 10 nitrogen and oxygen atoms in total. The molecule has 200 valence electrons. The second kappa shape index (κ2) is 9.95. The van der Waals surface area contributed by atoms with Crippen molar-refractivity contribution >= 4 is 50.2 Å². The van der Waals surface area contributed by atoms with E-state index in [4.69, 9.17) is 9.51 Å². The average Bonchev–Trinajstić information content (AvgIpc) is 3.44. The highest BCUT2D eigenvalue weighted by atomic mass is 32.1. The number of pyridine rings is 1. The molecule has 2 amide bonds. The van der Waals surface area contributed by atoms with Crippen molar-refractivity contribution in [1.29, 1.82) is 0 Å². The standard InChI is InChI=1S/C27H32N6O4S/c1-15-6-8-20(16-7-9-21-19(10-16)30-22(38-21)12-27(2,3)32(4)5)33(14-15)26(36)24(35)29-17-11-18-23(34)31-37-25(18)28-13-17/h7,9-11,13,15,20H,6,8,12,14H2,1-5H3,(H,29,35)(H,31,34)/t15-,20+/m0/s1. The number of fused-ring (bicyclic) bond motifs is 2. The Balaban J connectivity index is 1.38. The summed E-state index contributed by atoms with van der Waals surface area (Å²) in [6.07, 6.45) is 3.91. The molecule has 3 aromatic heterocycles.